The van der Waals surface area contributed by atoms with Gasteiger partial charge >= 0.3 is 12.3 Å². The van der Waals surface area contributed by atoms with Crippen LogP contribution >= 0.6 is 0 Å². The standard InChI is InChI=1S/C24H25N5O5/c1-28-18(13-14-5-9-16(30)10-6-14)19(20(34-4)15-7-11-17(33-3)12-8-15)25-23(28)26-21-22(31)29(2)24(32)27-21/h5-12,20,23H,13H2,1-4H3,(H-,26,27,30,32)/p+1. The molecule has 2 unspecified atom stereocenters. The lowest BCUT2D eigenvalue weighted by molar-refractivity contribution is -0.529. The first kappa shape index (κ1) is 23.1. The van der Waals surface area contributed by atoms with Crippen LogP contribution in [-0.2, 0) is 16.0 Å². The normalized spacial score (nSPS) is 20.1. The highest BCUT2D eigenvalue weighted by atomic mass is 16.5. The first-order valence-corrected chi connectivity index (χ1v) is 10.6. The number of nitrogens with one attached hydrogen (secondary N) is 1. The number of urea groups is 1. The van der Waals surface area contributed by atoms with E-state index in [2.05, 4.69) is 10.3 Å². The molecule has 0 aromatic heterocycles. The maximum absolute atomic E-state index is 12.3. The second-order valence-corrected chi connectivity index (χ2v) is 7.92. The number of aromatic hydroxyl groups is 1. The first-order chi connectivity index (χ1) is 16.3. The number of imide groups is 1. The molecule has 2 N–H and O–H groups in total. The Hall–Kier alpha value is -4.05. The van der Waals surface area contributed by atoms with Gasteiger partial charge in [0.2, 0.25) is 11.5 Å². The molecule has 0 radical (unpaired) electrons. The number of rotatable bonds is 7. The lowest BCUT2D eigenvalue weighted by Crippen LogP contribution is -2.30. The second kappa shape index (κ2) is 9.44. The minimum atomic E-state index is -0.760. The van der Waals surface area contributed by atoms with Gasteiger partial charge in [0.05, 0.1) is 13.5 Å². The van der Waals surface area contributed by atoms with Crippen molar-refractivity contribution in [3.8, 4) is 11.5 Å². The number of nitrogens with zero attached hydrogens (tertiary/aromatic N) is 4. The summed E-state index contributed by atoms with van der Waals surface area (Å²) in [6.07, 6.45) is -0.765. The van der Waals surface area contributed by atoms with Gasteiger partial charge in [-0.05, 0) is 35.4 Å². The molecule has 1 saturated heterocycles. The van der Waals surface area contributed by atoms with Crippen molar-refractivity contribution in [3.05, 3.63) is 59.7 Å². The third-order valence-electron chi connectivity index (χ3n) is 5.81. The van der Waals surface area contributed by atoms with E-state index in [-0.39, 0.29) is 11.6 Å². The molecule has 0 aliphatic carbocycles. The Labute approximate surface area is 196 Å². The molecule has 10 heteroatoms. The third-order valence-corrected chi connectivity index (χ3v) is 5.81. The average Bonchev–Trinajstić information content (AvgIpc) is 3.27. The van der Waals surface area contributed by atoms with E-state index >= 15 is 0 Å². The summed E-state index contributed by atoms with van der Waals surface area (Å²) in [5.74, 6) is 0.331. The largest absolute Gasteiger partial charge is 0.508 e. The number of methoxy groups -OCH3 is 2. The second-order valence-electron chi connectivity index (χ2n) is 7.92. The molecule has 2 aliphatic rings. The summed E-state index contributed by atoms with van der Waals surface area (Å²) in [5, 5.41) is 12.1. The highest BCUT2D eigenvalue weighted by molar-refractivity contribution is 6.47. The van der Waals surface area contributed by atoms with E-state index in [9.17, 15) is 14.7 Å². The molecule has 10 nitrogen and oxygen atoms in total. The average molecular weight is 465 g/mol. The van der Waals surface area contributed by atoms with Crippen molar-refractivity contribution in [1.29, 1.82) is 0 Å². The van der Waals surface area contributed by atoms with E-state index in [4.69, 9.17) is 14.5 Å². The minimum absolute atomic E-state index is 0.0586. The maximum Gasteiger partial charge on any atom is 0.348 e. The Morgan fingerprint density at radius 3 is 2.38 bits per heavy atom. The molecule has 1 fully saturated rings. The van der Waals surface area contributed by atoms with E-state index < -0.39 is 24.3 Å². The van der Waals surface area contributed by atoms with Gasteiger partial charge < -0.3 is 14.6 Å². The Bertz CT molecular complexity index is 1200. The molecular weight excluding hydrogens is 438 g/mol. The topological polar surface area (TPSA) is 116 Å². The zero-order valence-electron chi connectivity index (χ0n) is 19.3. The van der Waals surface area contributed by atoms with Gasteiger partial charge in [-0.3, -0.25) is 15.0 Å². The van der Waals surface area contributed by atoms with Crippen LogP contribution in [0.2, 0.25) is 0 Å². The van der Waals surface area contributed by atoms with E-state index in [1.807, 2.05) is 48.0 Å². The fourth-order valence-corrected chi connectivity index (χ4v) is 3.84. The maximum atomic E-state index is 12.3. The molecule has 4 rings (SSSR count). The first-order valence-electron chi connectivity index (χ1n) is 10.6. The molecule has 0 bridgehead atoms. The Morgan fingerprint density at radius 2 is 1.82 bits per heavy atom. The van der Waals surface area contributed by atoms with Gasteiger partial charge in [0.15, 0.2) is 0 Å². The Balaban J connectivity index is 1.75. The van der Waals surface area contributed by atoms with E-state index in [0.717, 1.165) is 27.5 Å². The quantitative estimate of drug-likeness (QED) is 0.478. The number of hydrogen-bond donors (Lipinski definition) is 2. The van der Waals surface area contributed by atoms with Gasteiger partial charge in [-0.1, -0.05) is 24.3 Å². The van der Waals surface area contributed by atoms with Gasteiger partial charge in [-0.15, -0.1) is 0 Å². The molecule has 2 atom stereocenters. The zero-order chi connectivity index (χ0) is 24.4. The Kier molecular flexibility index (Phi) is 6.42. The summed E-state index contributed by atoms with van der Waals surface area (Å²) in [6, 6.07) is 13.9. The van der Waals surface area contributed by atoms with Crippen LogP contribution in [0.5, 0.6) is 11.5 Å². The van der Waals surface area contributed by atoms with Crippen LogP contribution in [0.4, 0.5) is 4.79 Å². The number of benzene rings is 2. The van der Waals surface area contributed by atoms with Gasteiger partial charge in [0.25, 0.3) is 5.91 Å². The number of phenolic OH excluding ortho intramolecular Hbond substituents is 1. The van der Waals surface area contributed by atoms with Crippen LogP contribution in [-0.4, -0.2) is 78.4 Å². The summed E-state index contributed by atoms with van der Waals surface area (Å²) >= 11 is 0. The predicted molar refractivity (Wildman–Crippen MR) is 126 cm³/mol. The van der Waals surface area contributed by atoms with Crippen molar-refractivity contribution >= 4 is 29.2 Å². The molecule has 2 aromatic carbocycles. The lowest BCUT2D eigenvalue weighted by atomic mass is 9.97. The van der Waals surface area contributed by atoms with Crippen molar-refractivity contribution in [2.75, 3.05) is 28.3 Å². The monoisotopic (exact) mass is 464 g/mol. The summed E-state index contributed by atoms with van der Waals surface area (Å²) in [6.45, 7) is 0. The highest BCUT2D eigenvalue weighted by Gasteiger charge is 2.40. The number of aliphatic imine (C=N–C) groups is 2. The SMILES string of the molecule is COc1ccc(C(OC)C2=NC(N=C3NC(=O)N(C)C3=O)[N+](C)=C2Cc2ccc(O)cc2)cc1. The van der Waals surface area contributed by atoms with Crippen molar-refractivity contribution in [1.82, 2.24) is 10.2 Å². The van der Waals surface area contributed by atoms with Gasteiger partial charge in [0, 0.05) is 14.2 Å². The number of phenols is 1. The summed E-state index contributed by atoms with van der Waals surface area (Å²) in [7, 11) is 6.42. The van der Waals surface area contributed by atoms with Crippen molar-refractivity contribution in [3.63, 3.8) is 0 Å². The van der Waals surface area contributed by atoms with Gasteiger partial charge in [0.1, 0.15) is 30.4 Å². The third kappa shape index (κ3) is 4.40. The Morgan fingerprint density at radius 1 is 1.15 bits per heavy atom. The predicted octanol–water partition coefficient (Wildman–Crippen LogP) is 1.73. The molecule has 3 amide bonds. The fourth-order valence-electron chi connectivity index (χ4n) is 3.84. The van der Waals surface area contributed by atoms with Crippen LogP contribution in [0.1, 0.15) is 17.2 Å². The molecule has 2 aromatic rings. The van der Waals surface area contributed by atoms with Crippen LogP contribution in [0.25, 0.3) is 0 Å². The zero-order valence-corrected chi connectivity index (χ0v) is 19.3. The summed E-state index contributed by atoms with van der Waals surface area (Å²) in [5.41, 5.74) is 3.32. The summed E-state index contributed by atoms with van der Waals surface area (Å²) in [4.78, 5) is 34.4. The van der Waals surface area contributed by atoms with Gasteiger partial charge in [-0.2, -0.15) is 14.6 Å². The number of amides is 3. The van der Waals surface area contributed by atoms with E-state index in [1.165, 1.54) is 7.05 Å². The fraction of sp³-hybridized carbons (Fsp3) is 0.292. The summed E-state index contributed by atoms with van der Waals surface area (Å²) < 4.78 is 13.0. The highest BCUT2D eigenvalue weighted by Crippen LogP contribution is 2.26. The van der Waals surface area contributed by atoms with Crippen molar-refractivity contribution in [2.24, 2.45) is 9.98 Å². The van der Waals surface area contributed by atoms with Gasteiger partial charge in [-0.25, -0.2) is 4.79 Å². The number of carbonyl (C=O) groups excluding carboxylic acids is 2. The van der Waals surface area contributed by atoms with Crippen LogP contribution in [0.15, 0.2) is 58.5 Å². The molecule has 2 heterocycles. The molecule has 176 valence electrons. The number of likely N-dealkylation sites (N-methyl/N-ethyl adjacent to an activating group) is 1. The van der Waals surface area contributed by atoms with Crippen LogP contribution < -0.4 is 10.1 Å². The van der Waals surface area contributed by atoms with Crippen molar-refractivity contribution < 1.29 is 28.7 Å². The number of amidine groups is 1. The smallest absolute Gasteiger partial charge is 0.348 e. The van der Waals surface area contributed by atoms with Crippen molar-refractivity contribution in [2.45, 2.75) is 18.8 Å². The van der Waals surface area contributed by atoms with Crippen LogP contribution in [0, 0.1) is 0 Å². The molecule has 0 saturated carbocycles. The minimum Gasteiger partial charge on any atom is -0.508 e. The number of carbonyl (C=O) groups is 2. The molecular formula is C24H26N5O5+. The molecule has 34 heavy (non-hydrogen) atoms. The number of ether oxygens (including phenoxy) is 2. The lowest BCUT2D eigenvalue weighted by Gasteiger charge is -2.16. The van der Waals surface area contributed by atoms with E-state index in [1.54, 1.807) is 26.4 Å². The van der Waals surface area contributed by atoms with Crippen LogP contribution in [0.3, 0.4) is 0 Å². The number of hydrogen-bond acceptors (Lipinski definition) is 7. The molecule has 2 aliphatic heterocycles. The van der Waals surface area contributed by atoms with E-state index in [0.29, 0.717) is 12.1 Å². The molecule has 0 spiro atoms.